The van der Waals surface area contributed by atoms with E-state index in [1.807, 2.05) is 0 Å². The fraction of sp³-hybridized carbons (Fsp3) is 0.550. The minimum Gasteiger partial charge on any atom is -0.463 e. The van der Waals surface area contributed by atoms with Crippen LogP contribution in [0.4, 0.5) is 10.1 Å². The number of anilines is 1. The second kappa shape index (κ2) is 8.68. The van der Waals surface area contributed by atoms with Gasteiger partial charge in [-0.2, -0.15) is 0 Å². The zero-order chi connectivity index (χ0) is 20.1. The van der Waals surface area contributed by atoms with Crippen molar-refractivity contribution in [3.8, 4) is 0 Å². The molecule has 0 aliphatic carbocycles. The Labute approximate surface area is 163 Å². The quantitative estimate of drug-likeness (QED) is 0.612. The van der Waals surface area contributed by atoms with Crippen molar-refractivity contribution < 1.29 is 28.2 Å². The molecule has 2 heterocycles. The average Bonchev–Trinajstić information content (AvgIpc) is 2.71. The Hall–Kier alpha value is -2.48. The molecule has 2 atom stereocenters. The third kappa shape index (κ3) is 4.01. The molecular formula is C20H25FN2O5. The zero-order valence-electron chi connectivity index (χ0n) is 15.9. The van der Waals surface area contributed by atoms with Crippen LogP contribution < -0.4 is 10.2 Å². The number of esters is 1. The van der Waals surface area contributed by atoms with E-state index >= 15 is 0 Å². The Balaban J connectivity index is 1.75. The van der Waals surface area contributed by atoms with E-state index in [0.29, 0.717) is 31.5 Å². The first-order chi connectivity index (χ1) is 13.5. The van der Waals surface area contributed by atoms with E-state index in [4.69, 9.17) is 9.47 Å². The van der Waals surface area contributed by atoms with Gasteiger partial charge in [-0.15, -0.1) is 0 Å². The smallest absolute Gasteiger partial charge is 0.348 e. The van der Waals surface area contributed by atoms with Crippen molar-refractivity contribution in [3.63, 3.8) is 0 Å². The summed E-state index contributed by atoms with van der Waals surface area (Å²) in [7, 11) is 0. The first kappa shape index (κ1) is 20.3. The predicted octanol–water partition coefficient (Wildman–Crippen LogP) is 1.94. The average molecular weight is 392 g/mol. The second-order valence-corrected chi connectivity index (χ2v) is 6.99. The van der Waals surface area contributed by atoms with Gasteiger partial charge >= 0.3 is 5.97 Å². The number of carbonyl (C=O) groups excluding carboxylic acids is 3. The Morgan fingerprint density at radius 3 is 2.68 bits per heavy atom. The number of nitrogens with one attached hydrogen (secondary N) is 1. The Morgan fingerprint density at radius 1 is 1.29 bits per heavy atom. The monoisotopic (exact) mass is 392 g/mol. The Morgan fingerprint density at radius 2 is 2.04 bits per heavy atom. The molecule has 1 aromatic rings. The van der Waals surface area contributed by atoms with Crippen molar-refractivity contribution >= 4 is 23.5 Å². The van der Waals surface area contributed by atoms with Gasteiger partial charge in [0.2, 0.25) is 11.5 Å². The molecule has 2 aliphatic rings. The zero-order valence-corrected chi connectivity index (χ0v) is 15.9. The fourth-order valence-electron chi connectivity index (χ4n) is 3.64. The molecule has 2 fully saturated rings. The Kier molecular flexibility index (Phi) is 6.28. The number of hydrogen-bond acceptors (Lipinski definition) is 5. The third-order valence-electron chi connectivity index (χ3n) is 5.13. The topological polar surface area (TPSA) is 84.9 Å². The molecule has 2 unspecified atom stereocenters. The number of halogens is 1. The number of benzene rings is 1. The molecule has 3 rings (SSSR count). The molecule has 0 aromatic heterocycles. The first-order valence-electron chi connectivity index (χ1n) is 9.67. The minimum absolute atomic E-state index is 0.137. The van der Waals surface area contributed by atoms with Gasteiger partial charge in [0.1, 0.15) is 11.9 Å². The second-order valence-electron chi connectivity index (χ2n) is 6.99. The fourth-order valence-corrected chi connectivity index (χ4v) is 3.64. The molecule has 0 bridgehead atoms. The molecule has 1 N–H and O–H groups in total. The molecule has 2 aliphatic heterocycles. The molecule has 0 saturated carbocycles. The lowest BCUT2D eigenvalue weighted by Gasteiger charge is -2.37. The highest BCUT2D eigenvalue weighted by atomic mass is 19.1. The van der Waals surface area contributed by atoms with E-state index in [2.05, 4.69) is 5.32 Å². The number of carbonyl (C=O) groups is 3. The normalized spacial score (nSPS) is 25.3. The van der Waals surface area contributed by atoms with Crippen molar-refractivity contribution in [2.75, 3.05) is 24.7 Å². The summed E-state index contributed by atoms with van der Waals surface area (Å²) in [6.45, 7) is 2.57. The lowest BCUT2D eigenvalue weighted by molar-refractivity contribution is -0.184. The van der Waals surface area contributed by atoms with Crippen LogP contribution in [0.5, 0.6) is 0 Å². The predicted molar refractivity (Wildman–Crippen MR) is 99.1 cm³/mol. The van der Waals surface area contributed by atoms with E-state index in [0.717, 1.165) is 6.42 Å². The van der Waals surface area contributed by atoms with Crippen LogP contribution >= 0.6 is 0 Å². The van der Waals surface area contributed by atoms with Gasteiger partial charge in [-0.25, -0.2) is 9.18 Å². The van der Waals surface area contributed by atoms with E-state index < -0.39 is 23.5 Å². The van der Waals surface area contributed by atoms with Gasteiger partial charge in [-0.05, 0) is 63.3 Å². The minimum atomic E-state index is -1.70. The summed E-state index contributed by atoms with van der Waals surface area (Å²) in [4.78, 5) is 39.9. The SMILES string of the molecule is CCOC(=O)C1(C(=O)NC2CCCN(c3ccc(F)cc3)C2=O)CCCCO1. The van der Waals surface area contributed by atoms with E-state index in [1.54, 1.807) is 6.92 Å². The molecule has 0 radical (unpaired) electrons. The van der Waals surface area contributed by atoms with Crippen LogP contribution in [0.3, 0.4) is 0 Å². The Bertz CT molecular complexity index is 731. The van der Waals surface area contributed by atoms with E-state index in [-0.39, 0.29) is 31.4 Å². The number of rotatable bonds is 5. The van der Waals surface area contributed by atoms with E-state index in [1.165, 1.54) is 29.2 Å². The molecule has 1 aromatic carbocycles. The van der Waals surface area contributed by atoms with Gasteiger partial charge < -0.3 is 19.7 Å². The summed E-state index contributed by atoms with van der Waals surface area (Å²) in [5.74, 6) is -2.03. The maximum absolute atomic E-state index is 13.2. The van der Waals surface area contributed by atoms with Crippen LogP contribution in [0.25, 0.3) is 0 Å². The van der Waals surface area contributed by atoms with Gasteiger partial charge in [0.05, 0.1) is 6.61 Å². The molecule has 7 nitrogen and oxygen atoms in total. The summed E-state index contributed by atoms with van der Waals surface area (Å²) in [5.41, 5.74) is -1.13. The number of amides is 2. The van der Waals surface area contributed by atoms with Crippen LogP contribution in [0.15, 0.2) is 24.3 Å². The van der Waals surface area contributed by atoms with Crippen molar-refractivity contribution in [3.05, 3.63) is 30.1 Å². The maximum atomic E-state index is 13.2. The summed E-state index contributed by atoms with van der Waals surface area (Å²) in [6, 6.07) is 4.86. The number of ether oxygens (including phenoxy) is 2. The van der Waals surface area contributed by atoms with Crippen LogP contribution in [0.2, 0.25) is 0 Å². The van der Waals surface area contributed by atoms with Gasteiger partial charge in [0, 0.05) is 18.8 Å². The number of piperidine rings is 1. The lowest BCUT2D eigenvalue weighted by atomic mass is 9.91. The highest BCUT2D eigenvalue weighted by Gasteiger charge is 2.51. The first-order valence-corrected chi connectivity index (χ1v) is 9.67. The largest absolute Gasteiger partial charge is 0.463 e. The van der Waals surface area contributed by atoms with Crippen molar-refractivity contribution in [1.82, 2.24) is 5.32 Å². The molecule has 28 heavy (non-hydrogen) atoms. The van der Waals surface area contributed by atoms with Crippen molar-refractivity contribution in [2.24, 2.45) is 0 Å². The summed E-state index contributed by atoms with van der Waals surface area (Å²) in [5, 5.41) is 2.70. The number of hydrogen-bond donors (Lipinski definition) is 1. The summed E-state index contributed by atoms with van der Waals surface area (Å²) < 4.78 is 23.8. The van der Waals surface area contributed by atoms with Crippen LogP contribution in [-0.4, -0.2) is 49.2 Å². The van der Waals surface area contributed by atoms with Crippen LogP contribution in [-0.2, 0) is 23.9 Å². The van der Waals surface area contributed by atoms with Gasteiger partial charge in [0.25, 0.3) is 5.91 Å². The standard InChI is InChI=1S/C20H25FN2O5/c1-2-27-19(26)20(11-3-4-13-28-20)18(25)22-16-6-5-12-23(17(16)24)15-9-7-14(21)8-10-15/h7-10,16H,2-6,11-13H2,1H3,(H,22,25). The van der Waals surface area contributed by atoms with Crippen molar-refractivity contribution in [2.45, 2.75) is 50.7 Å². The van der Waals surface area contributed by atoms with Crippen molar-refractivity contribution in [1.29, 1.82) is 0 Å². The molecular weight excluding hydrogens is 367 g/mol. The third-order valence-corrected chi connectivity index (χ3v) is 5.13. The highest BCUT2D eigenvalue weighted by molar-refractivity contribution is 6.08. The van der Waals surface area contributed by atoms with E-state index in [9.17, 15) is 18.8 Å². The molecule has 2 amide bonds. The number of nitrogens with zero attached hydrogens (tertiary/aromatic N) is 1. The van der Waals surface area contributed by atoms with Gasteiger partial charge in [-0.3, -0.25) is 9.59 Å². The van der Waals surface area contributed by atoms with Crippen LogP contribution in [0.1, 0.15) is 39.0 Å². The van der Waals surface area contributed by atoms with Gasteiger partial charge in [0.15, 0.2) is 0 Å². The highest BCUT2D eigenvalue weighted by Crippen LogP contribution is 2.28. The molecule has 0 spiro atoms. The molecule has 152 valence electrons. The van der Waals surface area contributed by atoms with Gasteiger partial charge in [-0.1, -0.05) is 0 Å². The lowest BCUT2D eigenvalue weighted by Crippen LogP contribution is -2.61. The maximum Gasteiger partial charge on any atom is 0.348 e. The molecule has 2 saturated heterocycles. The summed E-state index contributed by atoms with van der Waals surface area (Å²) in [6.07, 6.45) is 2.77. The molecule has 8 heteroatoms. The summed E-state index contributed by atoms with van der Waals surface area (Å²) >= 11 is 0. The van der Waals surface area contributed by atoms with Crippen LogP contribution in [0, 0.1) is 5.82 Å².